The molecule has 1 aromatic carbocycles. The van der Waals surface area contributed by atoms with E-state index in [0.29, 0.717) is 0 Å². The Kier molecular flexibility index (Phi) is 6.27. The van der Waals surface area contributed by atoms with Crippen molar-refractivity contribution in [3.8, 4) is 0 Å². The number of aryl methyl sites for hydroxylation is 2. The first kappa shape index (κ1) is 18.9. The second kappa shape index (κ2) is 8.64. The van der Waals surface area contributed by atoms with Crippen LogP contribution in [0.25, 0.3) is 0 Å². The minimum absolute atomic E-state index is 0.884. The third-order valence-electron chi connectivity index (χ3n) is 5.23. The van der Waals surface area contributed by atoms with E-state index in [4.69, 9.17) is 12.2 Å². The topological polar surface area (TPSA) is 36.3 Å². The summed E-state index contributed by atoms with van der Waals surface area (Å²) in [5.74, 6) is 0. The van der Waals surface area contributed by atoms with Gasteiger partial charge in [-0.25, -0.2) is 0 Å². The number of thiocarbonyl (C=S) groups is 1. The predicted octanol–water partition coefficient (Wildman–Crippen LogP) is 2.27. The summed E-state index contributed by atoms with van der Waals surface area (Å²) in [5, 5.41) is 8.82. The second-order valence-corrected chi connectivity index (χ2v) is 7.39. The van der Waals surface area contributed by atoms with E-state index in [-0.39, 0.29) is 0 Å². The number of nitrogens with one attached hydrogen (secondary N) is 1. The van der Waals surface area contributed by atoms with Crippen LogP contribution in [0.5, 0.6) is 0 Å². The summed E-state index contributed by atoms with van der Waals surface area (Å²) >= 11 is 5.59. The average Bonchev–Trinajstić information content (AvgIpc) is 2.89. The maximum Gasteiger partial charge on any atom is 0.169 e. The van der Waals surface area contributed by atoms with Crippen LogP contribution in [0.4, 0.5) is 0 Å². The molecule has 140 valence electrons. The summed E-state index contributed by atoms with van der Waals surface area (Å²) in [6.07, 6.45) is 1.00. The van der Waals surface area contributed by atoms with E-state index < -0.39 is 0 Å². The lowest BCUT2D eigenvalue weighted by Gasteiger charge is -2.36. The first-order valence-corrected chi connectivity index (χ1v) is 9.73. The number of piperazine rings is 1. The van der Waals surface area contributed by atoms with Gasteiger partial charge in [0.1, 0.15) is 0 Å². The Bertz CT molecular complexity index is 732. The third-order valence-corrected chi connectivity index (χ3v) is 5.64. The summed E-state index contributed by atoms with van der Waals surface area (Å²) in [4.78, 5) is 4.79. The lowest BCUT2D eigenvalue weighted by atomic mass is 10.1. The van der Waals surface area contributed by atoms with Gasteiger partial charge in [-0.3, -0.25) is 9.58 Å². The molecule has 1 fully saturated rings. The number of hydrogen-bond donors (Lipinski definition) is 1. The number of benzene rings is 1. The van der Waals surface area contributed by atoms with Crippen molar-refractivity contribution in [3.05, 3.63) is 52.8 Å². The highest BCUT2D eigenvalue weighted by molar-refractivity contribution is 7.80. The fraction of sp³-hybridized carbons (Fsp3) is 0.500. The smallest absolute Gasteiger partial charge is 0.169 e. The van der Waals surface area contributed by atoms with Gasteiger partial charge in [0.05, 0.1) is 5.69 Å². The highest BCUT2D eigenvalue weighted by Crippen LogP contribution is 2.16. The van der Waals surface area contributed by atoms with Gasteiger partial charge in [0.15, 0.2) is 5.11 Å². The maximum absolute atomic E-state index is 5.59. The highest BCUT2D eigenvalue weighted by atomic mass is 32.1. The molecule has 0 unspecified atom stereocenters. The molecule has 5 nitrogen and oxygen atoms in total. The third kappa shape index (κ3) is 4.62. The zero-order chi connectivity index (χ0) is 18.5. The van der Waals surface area contributed by atoms with E-state index in [1.165, 1.54) is 16.8 Å². The molecule has 1 aliphatic heterocycles. The van der Waals surface area contributed by atoms with E-state index in [1.807, 2.05) is 11.7 Å². The van der Waals surface area contributed by atoms with Crippen molar-refractivity contribution in [2.75, 3.05) is 32.7 Å². The van der Waals surface area contributed by atoms with Crippen LogP contribution >= 0.6 is 12.2 Å². The predicted molar refractivity (Wildman–Crippen MR) is 110 cm³/mol. The first-order chi connectivity index (χ1) is 12.5. The molecule has 0 amide bonds. The summed E-state index contributed by atoms with van der Waals surface area (Å²) in [5.41, 5.74) is 5.12. The molecular weight excluding hydrogens is 342 g/mol. The lowest BCUT2D eigenvalue weighted by Crippen LogP contribution is -2.51. The first-order valence-electron chi connectivity index (χ1n) is 9.32. The lowest BCUT2D eigenvalue weighted by molar-refractivity contribution is 0.174. The number of nitrogens with zero attached hydrogens (tertiary/aromatic N) is 4. The Morgan fingerprint density at radius 3 is 2.42 bits per heavy atom. The molecule has 6 heteroatoms. The molecule has 0 spiro atoms. The fourth-order valence-electron chi connectivity index (χ4n) is 3.45. The van der Waals surface area contributed by atoms with Crippen LogP contribution < -0.4 is 5.32 Å². The molecule has 0 bridgehead atoms. The van der Waals surface area contributed by atoms with Crippen LogP contribution in [-0.4, -0.2) is 57.4 Å². The van der Waals surface area contributed by atoms with Gasteiger partial charge in [0.25, 0.3) is 0 Å². The monoisotopic (exact) mass is 371 g/mol. The van der Waals surface area contributed by atoms with Crippen LogP contribution in [0.3, 0.4) is 0 Å². The number of aromatic nitrogens is 2. The fourth-order valence-corrected chi connectivity index (χ4v) is 3.73. The maximum atomic E-state index is 5.59. The van der Waals surface area contributed by atoms with Crippen molar-refractivity contribution in [1.82, 2.24) is 24.9 Å². The quantitative estimate of drug-likeness (QED) is 0.816. The zero-order valence-corrected chi connectivity index (χ0v) is 16.9. The van der Waals surface area contributed by atoms with E-state index in [1.54, 1.807) is 0 Å². The molecule has 0 saturated carbocycles. The number of hydrogen-bond acceptors (Lipinski definition) is 3. The Morgan fingerprint density at radius 2 is 1.81 bits per heavy atom. The van der Waals surface area contributed by atoms with Gasteiger partial charge in [-0.05, 0) is 38.0 Å². The molecule has 1 saturated heterocycles. The Balaban J connectivity index is 1.42. The van der Waals surface area contributed by atoms with Crippen molar-refractivity contribution in [1.29, 1.82) is 0 Å². The summed E-state index contributed by atoms with van der Waals surface area (Å²) in [6.45, 7) is 10.2. The van der Waals surface area contributed by atoms with Crippen molar-refractivity contribution >= 4 is 17.3 Å². The number of rotatable bonds is 5. The Hall–Kier alpha value is -1.92. The normalized spacial score (nSPS) is 15.3. The van der Waals surface area contributed by atoms with Gasteiger partial charge in [0, 0.05) is 57.6 Å². The van der Waals surface area contributed by atoms with Gasteiger partial charge in [-0.1, -0.05) is 30.3 Å². The van der Waals surface area contributed by atoms with E-state index in [2.05, 4.69) is 64.4 Å². The van der Waals surface area contributed by atoms with Gasteiger partial charge >= 0.3 is 0 Å². The van der Waals surface area contributed by atoms with Gasteiger partial charge in [0.2, 0.25) is 0 Å². The van der Waals surface area contributed by atoms with Crippen LogP contribution in [0.15, 0.2) is 30.3 Å². The van der Waals surface area contributed by atoms with Crippen LogP contribution in [0, 0.1) is 13.8 Å². The SMILES string of the molecule is Cc1nn(C)c(C)c1CN1CCN(C(=S)NCCc2ccccc2)CC1. The van der Waals surface area contributed by atoms with Crippen molar-refractivity contribution in [2.45, 2.75) is 26.8 Å². The largest absolute Gasteiger partial charge is 0.362 e. The van der Waals surface area contributed by atoms with Crippen LogP contribution in [0.1, 0.15) is 22.5 Å². The van der Waals surface area contributed by atoms with Crippen LogP contribution in [0.2, 0.25) is 0 Å². The minimum Gasteiger partial charge on any atom is -0.362 e. The second-order valence-electron chi connectivity index (χ2n) is 7.00. The summed E-state index contributed by atoms with van der Waals surface area (Å²) < 4.78 is 1.98. The van der Waals surface area contributed by atoms with Crippen molar-refractivity contribution in [2.24, 2.45) is 7.05 Å². The molecule has 26 heavy (non-hydrogen) atoms. The molecule has 2 heterocycles. The van der Waals surface area contributed by atoms with Gasteiger partial charge in [-0.2, -0.15) is 5.10 Å². The average molecular weight is 372 g/mol. The zero-order valence-electron chi connectivity index (χ0n) is 16.0. The summed E-state index contributed by atoms with van der Waals surface area (Å²) in [7, 11) is 2.02. The molecule has 3 rings (SSSR count). The van der Waals surface area contributed by atoms with Crippen LogP contribution in [-0.2, 0) is 20.0 Å². The molecule has 2 aromatic rings. The standard InChI is InChI=1S/C20H29N5S/c1-16-19(17(2)23(3)22-16)15-24-11-13-25(14-12-24)20(26)21-10-9-18-7-5-4-6-8-18/h4-8H,9-15H2,1-3H3,(H,21,26). The van der Waals surface area contributed by atoms with Crippen molar-refractivity contribution < 1.29 is 0 Å². The molecule has 0 radical (unpaired) electrons. The van der Waals surface area contributed by atoms with E-state index in [0.717, 1.165) is 56.5 Å². The Morgan fingerprint density at radius 1 is 1.12 bits per heavy atom. The molecule has 1 aliphatic rings. The summed E-state index contributed by atoms with van der Waals surface area (Å²) in [6, 6.07) is 10.5. The van der Waals surface area contributed by atoms with Gasteiger partial charge in [-0.15, -0.1) is 0 Å². The van der Waals surface area contributed by atoms with Gasteiger partial charge < -0.3 is 10.2 Å². The Labute approximate surface area is 162 Å². The van der Waals surface area contributed by atoms with E-state index >= 15 is 0 Å². The molecule has 0 atom stereocenters. The van der Waals surface area contributed by atoms with E-state index in [9.17, 15) is 0 Å². The van der Waals surface area contributed by atoms with Crippen molar-refractivity contribution in [3.63, 3.8) is 0 Å². The molecule has 1 N–H and O–H groups in total. The molecular formula is C20H29N5S. The minimum atomic E-state index is 0.884. The highest BCUT2D eigenvalue weighted by Gasteiger charge is 2.21. The molecule has 0 aliphatic carbocycles. The molecule has 1 aromatic heterocycles.